The van der Waals surface area contributed by atoms with Crippen molar-refractivity contribution in [3.05, 3.63) is 53.0 Å². The molecule has 3 aromatic rings. The van der Waals surface area contributed by atoms with Crippen molar-refractivity contribution in [1.29, 1.82) is 0 Å². The van der Waals surface area contributed by atoms with E-state index in [-0.39, 0.29) is 11.4 Å². The minimum absolute atomic E-state index is 0.168. The van der Waals surface area contributed by atoms with Crippen molar-refractivity contribution in [2.24, 2.45) is 0 Å². The molecule has 0 unspecified atom stereocenters. The van der Waals surface area contributed by atoms with Crippen LogP contribution >= 0.6 is 0 Å². The van der Waals surface area contributed by atoms with E-state index in [1.165, 1.54) is 16.8 Å². The lowest BCUT2D eigenvalue weighted by Gasteiger charge is -2.15. The van der Waals surface area contributed by atoms with Gasteiger partial charge in [-0.05, 0) is 36.6 Å². The highest BCUT2D eigenvalue weighted by atomic mass is 19.4. The van der Waals surface area contributed by atoms with E-state index >= 15 is 0 Å². The number of benzene rings is 1. The molecule has 2 heterocycles. The van der Waals surface area contributed by atoms with Gasteiger partial charge in [-0.15, -0.1) is 0 Å². The molecule has 128 valence electrons. The van der Waals surface area contributed by atoms with Crippen LogP contribution in [0.3, 0.4) is 0 Å². The van der Waals surface area contributed by atoms with Gasteiger partial charge in [0.25, 0.3) is 0 Å². The molecule has 0 amide bonds. The fourth-order valence-electron chi connectivity index (χ4n) is 3.09. The average Bonchev–Trinajstić information content (AvgIpc) is 3.18. The molecule has 2 aromatic heterocycles. The highest BCUT2D eigenvalue weighted by molar-refractivity contribution is 5.95. The number of aromatic nitrogens is 4. The van der Waals surface area contributed by atoms with Gasteiger partial charge < -0.3 is 5.11 Å². The maximum Gasteiger partial charge on any atom is 0.416 e. The van der Waals surface area contributed by atoms with Gasteiger partial charge in [0.2, 0.25) is 0 Å². The van der Waals surface area contributed by atoms with Gasteiger partial charge in [0.15, 0.2) is 5.69 Å². The Kier molecular flexibility index (Phi) is 3.21. The number of hydrogen-bond acceptors (Lipinski definition) is 3. The van der Waals surface area contributed by atoms with Gasteiger partial charge >= 0.3 is 12.1 Å². The summed E-state index contributed by atoms with van der Waals surface area (Å²) >= 11 is 0. The van der Waals surface area contributed by atoms with E-state index in [4.69, 9.17) is 0 Å². The van der Waals surface area contributed by atoms with Crippen molar-refractivity contribution in [2.75, 3.05) is 0 Å². The largest absolute Gasteiger partial charge is 0.476 e. The van der Waals surface area contributed by atoms with Gasteiger partial charge in [-0.25, -0.2) is 9.48 Å². The van der Waals surface area contributed by atoms with Crippen LogP contribution in [-0.2, 0) is 19.0 Å². The van der Waals surface area contributed by atoms with E-state index in [2.05, 4.69) is 15.3 Å². The smallest absolute Gasteiger partial charge is 0.416 e. The summed E-state index contributed by atoms with van der Waals surface area (Å²) in [6.07, 6.45) is -1.82. The van der Waals surface area contributed by atoms with E-state index in [0.717, 1.165) is 17.7 Å². The van der Waals surface area contributed by atoms with E-state index in [9.17, 15) is 23.1 Å². The second-order valence-corrected chi connectivity index (χ2v) is 5.71. The summed E-state index contributed by atoms with van der Waals surface area (Å²) in [4.78, 5) is 11.6. The first-order chi connectivity index (χ1) is 11.9. The number of aryl methyl sites for hydroxylation is 1. The topological polar surface area (TPSA) is 83.8 Å². The second-order valence-electron chi connectivity index (χ2n) is 5.71. The van der Waals surface area contributed by atoms with Crippen LogP contribution in [0.4, 0.5) is 13.2 Å². The molecule has 0 saturated heterocycles. The summed E-state index contributed by atoms with van der Waals surface area (Å²) in [6, 6.07) is 4.67. The summed E-state index contributed by atoms with van der Waals surface area (Å²) in [5.41, 5.74) is 1.48. The highest BCUT2D eigenvalue weighted by Gasteiger charge is 2.33. The van der Waals surface area contributed by atoms with Crippen molar-refractivity contribution in [2.45, 2.75) is 19.0 Å². The lowest BCUT2D eigenvalue weighted by molar-refractivity contribution is -0.137. The zero-order valence-electron chi connectivity index (χ0n) is 12.6. The average molecular weight is 348 g/mol. The van der Waals surface area contributed by atoms with Crippen LogP contribution in [0.15, 0.2) is 30.5 Å². The minimum atomic E-state index is -4.49. The first kappa shape index (κ1) is 15.4. The van der Waals surface area contributed by atoms with Gasteiger partial charge in [-0.1, -0.05) is 6.07 Å². The monoisotopic (exact) mass is 348 g/mol. The van der Waals surface area contributed by atoms with Crippen LogP contribution in [0.25, 0.3) is 16.9 Å². The zero-order chi connectivity index (χ0) is 17.8. The number of nitrogens with one attached hydrogen (secondary N) is 1. The molecule has 1 aliphatic carbocycles. The molecule has 0 spiro atoms. The molecule has 0 aliphatic heterocycles. The zero-order valence-corrected chi connectivity index (χ0v) is 12.6. The van der Waals surface area contributed by atoms with Crippen LogP contribution in [0, 0.1) is 0 Å². The van der Waals surface area contributed by atoms with E-state index < -0.39 is 17.7 Å². The van der Waals surface area contributed by atoms with Gasteiger partial charge in [-0.3, -0.25) is 5.10 Å². The Hall–Kier alpha value is -3.10. The van der Waals surface area contributed by atoms with Gasteiger partial charge in [0.1, 0.15) is 0 Å². The third kappa shape index (κ3) is 2.39. The number of carboxylic acid groups (broad SMARTS) is 1. The second kappa shape index (κ2) is 5.20. The van der Waals surface area contributed by atoms with Gasteiger partial charge in [-0.2, -0.15) is 23.4 Å². The van der Waals surface area contributed by atoms with Gasteiger partial charge in [0, 0.05) is 0 Å². The SMILES string of the molecule is O=C(O)c1nn(-c2cccc(C(F)(F)F)c2)c2c1-c1[nH]ncc1CC2. The summed E-state index contributed by atoms with van der Waals surface area (Å²) in [7, 11) is 0. The molecule has 0 saturated carbocycles. The fourth-order valence-corrected chi connectivity index (χ4v) is 3.09. The molecule has 1 aliphatic rings. The van der Waals surface area contributed by atoms with Crippen LogP contribution in [-0.4, -0.2) is 31.1 Å². The Balaban J connectivity index is 1.94. The lowest BCUT2D eigenvalue weighted by atomic mass is 9.94. The molecular weight excluding hydrogens is 337 g/mol. The first-order valence-electron chi connectivity index (χ1n) is 7.41. The number of rotatable bonds is 2. The highest BCUT2D eigenvalue weighted by Crippen LogP contribution is 2.37. The first-order valence-corrected chi connectivity index (χ1v) is 7.41. The minimum Gasteiger partial charge on any atom is -0.476 e. The summed E-state index contributed by atoms with van der Waals surface area (Å²) in [6.45, 7) is 0. The van der Waals surface area contributed by atoms with E-state index in [1.54, 1.807) is 6.20 Å². The van der Waals surface area contributed by atoms with Crippen molar-refractivity contribution in [3.8, 4) is 16.9 Å². The maximum absolute atomic E-state index is 13.0. The van der Waals surface area contributed by atoms with Crippen LogP contribution in [0.5, 0.6) is 0 Å². The molecule has 1 aromatic carbocycles. The molecule has 0 radical (unpaired) electrons. The molecular formula is C16H11F3N4O2. The number of carboxylic acids is 1. The summed E-state index contributed by atoms with van der Waals surface area (Å²) in [5.74, 6) is -1.25. The Morgan fingerprint density at radius 3 is 2.80 bits per heavy atom. The number of H-pyrrole nitrogens is 1. The predicted octanol–water partition coefficient (Wildman–Crippen LogP) is 3.08. The quantitative estimate of drug-likeness (QED) is 0.745. The third-order valence-corrected chi connectivity index (χ3v) is 4.20. The predicted molar refractivity (Wildman–Crippen MR) is 80.5 cm³/mol. The molecule has 6 nitrogen and oxygen atoms in total. The Morgan fingerprint density at radius 1 is 1.28 bits per heavy atom. The molecule has 4 rings (SSSR count). The number of aromatic amines is 1. The molecule has 0 atom stereocenters. The van der Waals surface area contributed by atoms with Crippen LogP contribution in [0.1, 0.15) is 27.3 Å². The Bertz CT molecular complexity index is 988. The number of fused-ring (bicyclic) bond motifs is 3. The van der Waals surface area contributed by atoms with Crippen LogP contribution < -0.4 is 0 Å². The Morgan fingerprint density at radius 2 is 2.08 bits per heavy atom. The van der Waals surface area contributed by atoms with Crippen molar-refractivity contribution < 1.29 is 23.1 Å². The standard InChI is InChI=1S/C16H11F3N4O2/c17-16(18,19)9-2-1-3-10(6-9)23-11-5-4-8-7-20-21-13(8)12(11)14(22-23)15(24)25/h1-3,6-7H,4-5H2,(H,20,21)(H,24,25). The third-order valence-electron chi connectivity index (χ3n) is 4.20. The molecule has 2 N–H and O–H groups in total. The van der Waals surface area contributed by atoms with Crippen molar-refractivity contribution >= 4 is 5.97 Å². The van der Waals surface area contributed by atoms with Crippen molar-refractivity contribution in [3.63, 3.8) is 0 Å². The number of alkyl halides is 3. The van der Waals surface area contributed by atoms with Crippen LogP contribution in [0.2, 0.25) is 0 Å². The Labute approximate surface area is 138 Å². The maximum atomic E-state index is 13.0. The lowest BCUT2D eigenvalue weighted by Crippen LogP contribution is -2.10. The van der Waals surface area contributed by atoms with Gasteiger partial charge in [0.05, 0.1) is 34.4 Å². The van der Waals surface area contributed by atoms with Crippen molar-refractivity contribution in [1.82, 2.24) is 20.0 Å². The number of carbonyl (C=O) groups is 1. The van der Waals surface area contributed by atoms with E-state index in [1.807, 2.05) is 0 Å². The molecule has 0 fully saturated rings. The molecule has 25 heavy (non-hydrogen) atoms. The normalized spacial score (nSPS) is 13.4. The molecule has 9 heteroatoms. The summed E-state index contributed by atoms with van der Waals surface area (Å²) in [5, 5.41) is 20.2. The number of aromatic carboxylic acids is 1. The fraction of sp³-hybridized carbons (Fsp3) is 0.188. The number of halogens is 3. The molecule has 0 bridgehead atoms. The van der Waals surface area contributed by atoms with E-state index in [0.29, 0.717) is 29.8 Å². The number of nitrogens with zero attached hydrogens (tertiary/aromatic N) is 3. The summed E-state index contributed by atoms with van der Waals surface area (Å²) < 4.78 is 40.2. The number of hydrogen-bond donors (Lipinski definition) is 2.